The molecule has 0 unspecified atom stereocenters. The van der Waals surface area contributed by atoms with Gasteiger partial charge in [0.2, 0.25) is 0 Å². The number of rotatable bonds is 5. The largest absolute Gasteiger partial charge is 0.414 e. The van der Waals surface area contributed by atoms with Crippen LogP contribution < -0.4 is 0 Å². The van der Waals surface area contributed by atoms with Crippen LogP contribution in [0, 0.1) is 0 Å². The second kappa shape index (κ2) is 5.55. The maximum atomic E-state index is 5.63. The molecule has 66 valence electrons. The van der Waals surface area contributed by atoms with Crippen molar-refractivity contribution >= 4 is 8.32 Å². The van der Waals surface area contributed by atoms with Gasteiger partial charge in [0.15, 0.2) is 8.32 Å². The lowest BCUT2D eigenvalue weighted by atomic mass is 10.3. The number of hydrogen-bond acceptors (Lipinski definition) is 1. The summed E-state index contributed by atoms with van der Waals surface area (Å²) < 4.78 is 5.63. The third-order valence-corrected chi connectivity index (χ3v) is 2.27. The van der Waals surface area contributed by atoms with Crippen molar-refractivity contribution in [2.45, 2.75) is 39.4 Å². The Hall–Kier alpha value is -0.0831. The summed E-state index contributed by atoms with van der Waals surface area (Å²) in [6.07, 6.45) is 6.72. The minimum atomic E-state index is -1.27. The molecule has 0 spiro atoms. The maximum Gasteiger partial charge on any atom is 0.184 e. The average molecular weight is 172 g/mol. The third-order valence-electron chi connectivity index (χ3n) is 1.23. The standard InChI is InChI=1S/C9H20OSi/c1-5-6-7-8-9-10-11(2,3)4/h7-8H,5-6,9H2,1-4H3/b8-7-. The Morgan fingerprint density at radius 1 is 1.18 bits per heavy atom. The molecule has 0 saturated heterocycles. The molecule has 0 aromatic heterocycles. The number of allylic oxidation sites excluding steroid dienone is 1. The minimum Gasteiger partial charge on any atom is -0.414 e. The molecule has 2 heteroatoms. The van der Waals surface area contributed by atoms with Crippen molar-refractivity contribution < 1.29 is 4.43 Å². The SMILES string of the molecule is CCC/C=C\CO[Si](C)(C)C. The molecule has 0 saturated carbocycles. The molecule has 0 atom stereocenters. The van der Waals surface area contributed by atoms with Crippen LogP contribution in [-0.4, -0.2) is 14.9 Å². The van der Waals surface area contributed by atoms with Gasteiger partial charge in [-0.15, -0.1) is 0 Å². The summed E-state index contributed by atoms with van der Waals surface area (Å²) in [5, 5.41) is 0. The van der Waals surface area contributed by atoms with Gasteiger partial charge in [-0.2, -0.15) is 0 Å². The molecule has 0 fully saturated rings. The topological polar surface area (TPSA) is 9.23 Å². The number of hydrogen-bond donors (Lipinski definition) is 0. The molecule has 0 aromatic rings. The van der Waals surface area contributed by atoms with Gasteiger partial charge in [-0.25, -0.2) is 0 Å². The van der Waals surface area contributed by atoms with Crippen LogP contribution in [0.1, 0.15) is 19.8 Å². The molecule has 0 rings (SSSR count). The zero-order chi connectivity index (χ0) is 8.74. The summed E-state index contributed by atoms with van der Waals surface area (Å²) in [5.41, 5.74) is 0. The Morgan fingerprint density at radius 3 is 2.27 bits per heavy atom. The van der Waals surface area contributed by atoms with E-state index in [4.69, 9.17) is 4.43 Å². The van der Waals surface area contributed by atoms with E-state index in [-0.39, 0.29) is 0 Å². The van der Waals surface area contributed by atoms with E-state index < -0.39 is 8.32 Å². The van der Waals surface area contributed by atoms with Gasteiger partial charge in [0.05, 0.1) is 6.61 Å². The van der Waals surface area contributed by atoms with E-state index in [1.807, 2.05) is 0 Å². The maximum absolute atomic E-state index is 5.63. The molecule has 0 radical (unpaired) electrons. The summed E-state index contributed by atoms with van der Waals surface area (Å²) in [7, 11) is -1.27. The van der Waals surface area contributed by atoms with Crippen LogP contribution >= 0.6 is 0 Å². The van der Waals surface area contributed by atoms with Crippen molar-refractivity contribution in [1.82, 2.24) is 0 Å². The summed E-state index contributed by atoms with van der Waals surface area (Å²) in [6, 6.07) is 0. The first-order chi connectivity index (χ1) is 5.06. The zero-order valence-corrected chi connectivity index (χ0v) is 9.18. The van der Waals surface area contributed by atoms with Crippen molar-refractivity contribution in [3.8, 4) is 0 Å². The molecule has 0 aromatic carbocycles. The highest BCUT2D eigenvalue weighted by atomic mass is 28.4. The summed E-state index contributed by atoms with van der Waals surface area (Å²) in [6.45, 7) is 9.61. The summed E-state index contributed by atoms with van der Waals surface area (Å²) >= 11 is 0. The minimum absolute atomic E-state index is 0.801. The number of unbranched alkanes of at least 4 members (excludes halogenated alkanes) is 1. The zero-order valence-electron chi connectivity index (χ0n) is 8.18. The molecule has 0 bridgehead atoms. The Kier molecular flexibility index (Phi) is 5.51. The van der Waals surface area contributed by atoms with Crippen molar-refractivity contribution in [3.05, 3.63) is 12.2 Å². The lowest BCUT2D eigenvalue weighted by Gasteiger charge is -2.14. The van der Waals surface area contributed by atoms with Crippen molar-refractivity contribution in [1.29, 1.82) is 0 Å². The van der Waals surface area contributed by atoms with E-state index >= 15 is 0 Å². The first-order valence-electron chi connectivity index (χ1n) is 4.35. The van der Waals surface area contributed by atoms with Crippen LogP contribution in [0.4, 0.5) is 0 Å². The van der Waals surface area contributed by atoms with Crippen LogP contribution in [-0.2, 0) is 4.43 Å². The molecule has 1 nitrogen and oxygen atoms in total. The van der Waals surface area contributed by atoms with Gasteiger partial charge in [0.1, 0.15) is 0 Å². The highest BCUT2D eigenvalue weighted by Crippen LogP contribution is 2.01. The van der Waals surface area contributed by atoms with Gasteiger partial charge in [-0.1, -0.05) is 25.5 Å². The Morgan fingerprint density at radius 2 is 1.82 bits per heavy atom. The second-order valence-corrected chi connectivity index (χ2v) is 8.20. The summed E-state index contributed by atoms with van der Waals surface area (Å²) in [4.78, 5) is 0. The van der Waals surface area contributed by atoms with Gasteiger partial charge >= 0.3 is 0 Å². The van der Waals surface area contributed by atoms with Gasteiger partial charge in [0, 0.05) is 0 Å². The van der Waals surface area contributed by atoms with E-state index in [9.17, 15) is 0 Å². The quantitative estimate of drug-likeness (QED) is 0.457. The molecule has 0 heterocycles. The molecular formula is C9H20OSi. The fourth-order valence-electron chi connectivity index (χ4n) is 0.651. The smallest absolute Gasteiger partial charge is 0.184 e. The van der Waals surface area contributed by atoms with Crippen LogP contribution in [0.2, 0.25) is 19.6 Å². The monoisotopic (exact) mass is 172 g/mol. The molecular weight excluding hydrogens is 152 g/mol. The molecule has 11 heavy (non-hydrogen) atoms. The van der Waals surface area contributed by atoms with Crippen molar-refractivity contribution in [2.75, 3.05) is 6.61 Å². The molecule has 0 aliphatic carbocycles. The van der Waals surface area contributed by atoms with Crippen molar-refractivity contribution in [2.24, 2.45) is 0 Å². The molecule has 0 amide bonds. The van der Waals surface area contributed by atoms with E-state index in [0.717, 1.165) is 6.61 Å². The van der Waals surface area contributed by atoms with Gasteiger partial charge in [-0.05, 0) is 26.1 Å². The first kappa shape index (κ1) is 10.9. The van der Waals surface area contributed by atoms with Crippen LogP contribution in [0.25, 0.3) is 0 Å². The highest BCUT2D eigenvalue weighted by Gasteiger charge is 2.11. The summed E-state index contributed by atoms with van der Waals surface area (Å²) in [5.74, 6) is 0. The van der Waals surface area contributed by atoms with Gasteiger partial charge in [0.25, 0.3) is 0 Å². The van der Waals surface area contributed by atoms with Crippen molar-refractivity contribution in [3.63, 3.8) is 0 Å². The molecule has 0 N–H and O–H groups in total. The Balaban J connectivity index is 3.27. The predicted molar refractivity (Wildman–Crippen MR) is 53.3 cm³/mol. The molecule has 0 aliphatic rings. The van der Waals surface area contributed by atoms with E-state index in [1.54, 1.807) is 0 Å². The van der Waals surface area contributed by atoms with Crippen LogP contribution in [0.5, 0.6) is 0 Å². The van der Waals surface area contributed by atoms with Crippen LogP contribution in [0.3, 0.4) is 0 Å². The first-order valence-corrected chi connectivity index (χ1v) is 7.76. The molecule has 0 aliphatic heterocycles. The van der Waals surface area contributed by atoms with E-state index in [2.05, 4.69) is 38.7 Å². The Labute approximate surface area is 71.6 Å². The fourth-order valence-corrected chi connectivity index (χ4v) is 1.25. The third kappa shape index (κ3) is 9.92. The second-order valence-electron chi connectivity index (χ2n) is 3.68. The van der Waals surface area contributed by atoms with E-state index in [0.29, 0.717) is 0 Å². The highest BCUT2D eigenvalue weighted by molar-refractivity contribution is 6.69. The van der Waals surface area contributed by atoms with E-state index in [1.165, 1.54) is 12.8 Å². The van der Waals surface area contributed by atoms with Gasteiger partial charge in [-0.3, -0.25) is 0 Å². The lowest BCUT2D eigenvalue weighted by Crippen LogP contribution is -2.25. The average Bonchev–Trinajstić information content (AvgIpc) is 1.85. The fraction of sp³-hybridized carbons (Fsp3) is 0.778. The van der Waals surface area contributed by atoms with Crippen LogP contribution in [0.15, 0.2) is 12.2 Å². The Bertz CT molecular complexity index is 113. The predicted octanol–water partition coefficient (Wildman–Crippen LogP) is 3.19. The van der Waals surface area contributed by atoms with Gasteiger partial charge < -0.3 is 4.43 Å². The normalized spacial score (nSPS) is 12.7. The lowest BCUT2D eigenvalue weighted by molar-refractivity contribution is 0.357.